The molecule has 0 bridgehead atoms. The quantitative estimate of drug-likeness (QED) is 0.769. The van der Waals surface area contributed by atoms with E-state index in [0.717, 1.165) is 28.3 Å². The van der Waals surface area contributed by atoms with Crippen LogP contribution < -0.4 is 5.32 Å². The standard InChI is InChI=1S/C18H19ClN4/c1-23(2)17(13-7-9-14(19)10-8-13)11-20-18-15-5-3-4-6-16(15)21-12-22-18/h3-10,12,17H,11H2,1-2H3,(H,20,21,22). The number of para-hydroxylation sites is 1. The molecule has 2 aromatic carbocycles. The first kappa shape index (κ1) is 15.7. The molecule has 0 amide bonds. The minimum atomic E-state index is 0.223. The van der Waals surface area contributed by atoms with Crippen molar-refractivity contribution in [1.82, 2.24) is 14.9 Å². The number of nitrogens with one attached hydrogen (secondary N) is 1. The van der Waals surface area contributed by atoms with Crippen molar-refractivity contribution < 1.29 is 0 Å². The number of hydrogen-bond donors (Lipinski definition) is 1. The predicted octanol–water partition coefficient (Wildman–Crippen LogP) is 4.00. The van der Waals surface area contributed by atoms with Gasteiger partial charge in [-0.25, -0.2) is 9.97 Å². The van der Waals surface area contributed by atoms with E-state index in [9.17, 15) is 0 Å². The third kappa shape index (κ3) is 3.60. The van der Waals surface area contributed by atoms with E-state index >= 15 is 0 Å². The summed E-state index contributed by atoms with van der Waals surface area (Å²) in [7, 11) is 4.14. The van der Waals surface area contributed by atoms with Gasteiger partial charge in [0.25, 0.3) is 0 Å². The molecular formula is C18H19ClN4. The zero-order valence-corrected chi connectivity index (χ0v) is 14.0. The molecule has 1 heterocycles. The number of halogens is 1. The summed E-state index contributed by atoms with van der Waals surface area (Å²) in [5.74, 6) is 0.858. The smallest absolute Gasteiger partial charge is 0.137 e. The summed E-state index contributed by atoms with van der Waals surface area (Å²) in [6, 6.07) is 16.2. The number of hydrogen-bond acceptors (Lipinski definition) is 4. The van der Waals surface area contributed by atoms with Gasteiger partial charge >= 0.3 is 0 Å². The zero-order valence-electron chi connectivity index (χ0n) is 13.2. The van der Waals surface area contributed by atoms with E-state index in [-0.39, 0.29) is 6.04 Å². The fourth-order valence-electron chi connectivity index (χ4n) is 2.62. The summed E-state index contributed by atoms with van der Waals surface area (Å²) in [6.45, 7) is 0.746. The van der Waals surface area contributed by atoms with Gasteiger partial charge in [0.05, 0.1) is 11.6 Å². The van der Waals surface area contributed by atoms with Crippen LogP contribution in [0.4, 0.5) is 5.82 Å². The van der Waals surface area contributed by atoms with Crippen LogP contribution in [0.2, 0.25) is 5.02 Å². The van der Waals surface area contributed by atoms with Gasteiger partial charge in [-0.1, -0.05) is 35.9 Å². The van der Waals surface area contributed by atoms with Crippen LogP contribution in [0.25, 0.3) is 10.9 Å². The van der Waals surface area contributed by atoms with Gasteiger partial charge in [0.15, 0.2) is 0 Å². The Hall–Kier alpha value is -2.17. The Morgan fingerprint density at radius 1 is 1.04 bits per heavy atom. The van der Waals surface area contributed by atoms with Gasteiger partial charge in [0, 0.05) is 17.0 Å². The molecule has 5 heteroatoms. The van der Waals surface area contributed by atoms with Gasteiger partial charge in [0.2, 0.25) is 0 Å². The molecule has 0 aliphatic heterocycles. The van der Waals surface area contributed by atoms with Gasteiger partial charge in [-0.05, 0) is 43.9 Å². The van der Waals surface area contributed by atoms with Crippen LogP contribution >= 0.6 is 11.6 Å². The minimum absolute atomic E-state index is 0.223. The molecule has 0 radical (unpaired) electrons. The number of anilines is 1. The maximum absolute atomic E-state index is 5.99. The molecule has 0 aliphatic rings. The lowest BCUT2D eigenvalue weighted by Crippen LogP contribution is -2.27. The summed E-state index contributed by atoms with van der Waals surface area (Å²) in [5.41, 5.74) is 2.16. The lowest BCUT2D eigenvalue weighted by Gasteiger charge is -2.25. The number of rotatable bonds is 5. The monoisotopic (exact) mass is 326 g/mol. The van der Waals surface area contributed by atoms with Crippen LogP contribution in [-0.2, 0) is 0 Å². The second-order valence-electron chi connectivity index (χ2n) is 5.65. The molecule has 0 fully saturated rings. The summed E-state index contributed by atoms with van der Waals surface area (Å²) in [4.78, 5) is 10.9. The van der Waals surface area contributed by atoms with Crippen LogP contribution in [-0.4, -0.2) is 35.5 Å². The van der Waals surface area contributed by atoms with Crippen LogP contribution in [0.1, 0.15) is 11.6 Å². The first-order valence-electron chi connectivity index (χ1n) is 7.50. The van der Waals surface area contributed by atoms with Crippen LogP contribution in [0.15, 0.2) is 54.9 Å². The Morgan fingerprint density at radius 2 is 1.78 bits per heavy atom. The lowest BCUT2D eigenvalue weighted by atomic mass is 10.1. The number of benzene rings is 2. The van der Waals surface area contributed by atoms with Gasteiger partial charge in [0.1, 0.15) is 12.1 Å². The number of fused-ring (bicyclic) bond motifs is 1. The molecule has 118 valence electrons. The van der Waals surface area contributed by atoms with E-state index in [1.165, 1.54) is 5.56 Å². The molecule has 1 aromatic heterocycles. The molecule has 0 saturated carbocycles. The average molecular weight is 327 g/mol. The van der Waals surface area contributed by atoms with Crippen molar-refractivity contribution in [2.45, 2.75) is 6.04 Å². The average Bonchev–Trinajstić information content (AvgIpc) is 2.56. The van der Waals surface area contributed by atoms with E-state index in [1.807, 2.05) is 36.4 Å². The summed E-state index contributed by atoms with van der Waals surface area (Å²) < 4.78 is 0. The molecule has 3 rings (SSSR count). The third-order valence-electron chi connectivity index (χ3n) is 3.88. The molecule has 1 atom stereocenters. The highest BCUT2D eigenvalue weighted by atomic mass is 35.5. The fourth-order valence-corrected chi connectivity index (χ4v) is 2.75. The van der Waals surface area contributed by atoms with Crippen LogP contribution in [0, 0.1) is 0 Å². The van der Waals surface area contributed by atoms with Crippen molar-refractivity contribution >= 4 is 28.3 Å². The summed E-state index contributed by atoms with van der Waals surface area (Å²) in [5, 5.41) is 5.24. The van der Waals surface area contributed by atoms with E-state index in [4.69, 9.17) is 11.6 Å². The van der Waals surface area contributed by atoms with Crippen molar-refractivity contribution in [2.75, 3.05) is 26.0 Å². The fraction of sp³-hybridized carbons (Fsp3) is 0.222. The van der Waals surface area contributed by atoms with Crippen LogP contribution in [0.5, 0.6) is 0 Å². The molecule has 1 N–H and O–H groups in total. The maximum atomic E-state index is 5.99. The predicted molar refractivity (Wildman–Crippen MR) is 95.9 cm³/mol. The molecule has 0 aliphatic carbocycles. The third-order valence-corrected chi connectivity index (χ3v) is 4.14. The highest BCUT2D eigenvalue weighted by molar-refractivity contribution is 6.30. The number of aromatic nitrogens is 2. The molecule has 4 nitrogen and oxygen atoms in total. The van der Waals surface area contributed by atoms with E-state index in [2.05, 4.69) is 46.4 Å². The van der Waals surface area contributed by atoms with E-state index < -0.39 is 0 Å². The Bertz CT molecular complexity index is 781. The van der Waals surface area contributed by atoms with E-state index in [0.29, 0.717) is 0 Å². The second-order valence-corrected chi connectivity index (χ2v) is 6.09. The summed E-state index contributed by atoms with van der Waals surface area (Å²) >= 11 is 5.99. The second kappa shape index (κ2) is 6.94. The topological polar surface area (TPSA) is 41.0 Å². The van der Waals surface area contributed by atoms with Gasteiger partial charge < -0.3 is 10.2 Å². The molecule has 0 saturated heterocycles. The van der Waals surface area contributed by atoms with Gasteiger partial charge in [-0.3, -0.25) is 0 Å². The Labute approximate surface area is 141 Å². The Kier molecular flexibility index (Phi) is 4.74. The SMILES string of the molecule is CN(C)C(CNc1ncnc2ccccc12)c1ccc(Cl)cc1. The summed E-state index contributed by atoms with van der Waals surface area (Å²) in [6.07, 6.45) is 1.59. The van der Waals surface area contributed by atoms with E-state index in [1.54, 1.807) is 6.33 Å². The first-order chi connectivity index (χ1) is 11.1. The molecule has 23 heavy (non-hydrogen) atoms. The minimum Gasteiger partial charge on any atom is -0.368 e. The molecular weight excluding hydrogens is 308 g/mol. The first-order valence-corrected chi connectivity index (χ1v) is 7.88. The Balaban J connectivity index is 1.82. The van der Waals surface area contributed by atoms with Crippen LogP contribution in [0.3, 0.4) is 0 Å². The number of nitrogens with zero attached hydrogens (tertiary/aromatic N) is 3. The van der Waals surface area contributed by atoms with Crippen molar-refractivity contribution in [3.8, 4) is 0 Å². The maximum Gasteiger partial charge on any atom is 0.137 e. The van der Waals surface area contributed by atoms with Gasteiger partial charge in [-0.2, -0.15) is 0 Å². The molecule has 1 unspecified atom stereocenters. The van der Waals surface area contributed by atoms with Gasteiger partial charge in [-0.15, -0.1) is 0 Å². The van der Waals surface area contributed by atoms with Crippen molar-refractivity contribution in [3.63, 3.8) is 0 Å². The molecule has 3 aromatic rings. The lowest BCUT2D eigenvalue weighted by molar-refractivity contribution is 0.311. The number of likely N-dealkylation sites (N-methyl/N-ethyl adjacent to an activating group) is 1. The highest BCUT2D eigenvalue weighted by Gasteiger charge is 2.14. The van der Waals surface area contributed by atoms with Crippen molar-refractivity contribution in [1.29, 1.82) is 0 Å². The van der Waals surface area contributed by atoms with Crippen molar-refractivity contribution in [2.24, 2.45) is 0 Å². The Morgan fingerprint density at radius 3 is 2.52 bits per heavy atom. The highest BCUT2D eigenvalue weighted by Crippen LogP contribution is 2.23. The normalized spacial score (nSPS) is 12.5. The molecule has 0 spiro atoms. The zero-order chi connectivity index (χ0) is 16.2. The van der Waals surface area contributed by atoms with Crippen molar-refractivity contribution in [3.05, 3.63) is 65.4 Å². The largest absolute Gasteiger partial charge is 0.368 e.